The molecule has 0 saturated carbocycles. The van der Waals surface area contributed by atoms with E-state index in [4.69, 9.17) is 0 Å². The number of halogens is 2. The van der Waals surface area contributed by atoms with Gasteiger partial charge in [-0.15, -0.1) is 0 Å². The molecular weight excluding hydrogens is 222 g/mol. The molecule has 0 N–H and O–H groups in total. The van der Waals surface area contributed by atoms with Crippen molar-refractivity contribution in [3.8, 4) is 0 Å². The second-order valence-corrected chi connectivity index (χ2v) is 4.27. The Balaban J connectivity index is 0.000000686. The van der Waals surface area contributed by atoms with Crippen LogP contribution >= 0.6 is 0 Å². The molecule has 1 atom stereocenters. The summed E-state index contributed by atoms with van der Waals surface area (Å²) in [5.74, 6) is -0.130. The molecule has 4 heteroatoms. The number of benzene rings is 1. The van der Waals surface area contributed by atoms with Crippen LogP contribution in [-0.2, 0) is 0 Å². The zero-order chi connectivity index (χ0) is 12.8. The van der Waals surface area contributed by atoms with Gasteiger partial charge in [-0.3, -0.25) is 4.39 Å². The van der Waals surface area contributed by atoms with Gasteiger partial charge in [0.1, 0.15) is 5.82 Å². The minimum Gasteiger partial charge on any atom is -0.368 e. The first-order chi connectivity index (χ1) is 8.18. The third kappa shape index (κ3) is 3.40. The third-order valence-corrected chi connectivity index (χ3v) is 3.15. The van der Waals surface area contributed by atoms with E-state index in [1.807, 2.05) is 19.2 Å². The summed E-state index contributed by atoms with van der Waals surface area (Å²) in [6, 6.07) is 7.41. The van der Waals surface area contributed by atoms with E-state index in [9.17, 15) is 8.78 Å². The molecule has 1 saturated heterocycles. The molecule has 1 unspecified atom stereocenters. The van der Waals surface area contributed by atoms with Crippen LogP contribution in [0.25, 0.3) is 0 Å². The Hall–Kier alpha value is -1.16. The van der Waals surface area contributed by atoms with Crippen LogP contribution in [0.5, 0.6) is 0 Å². The lowest BCUT2D eigenvalue weighted by atomic mass is 10.2. The van der Waals surface area contributed by atoms with Crippen molar-refractivity contribution in [3.05, 3.63) is 30.1 Å². The van der Waals surface area contributed by atoms with Gasteiger partial charge in [-0.1, -0.05) is 12.1 Å². The van der Waals surface area contributed by atoms with Crippen LogP contribution < -0.4 is 4.90 Å². The fourth-order valence-corrected chi connectivity index (χ4v) is 2.16. The van der Waals surface area contributed by atoms with Crippen molar-refractivity contribution in [2.75, 3.05) is 39.3 Å². The number of alkyl halides is 1. The average Bonchev–Trinajstić information content (AvgIpc) is 2.78. The highest BCUT2D eigenvalue weighted by Gasteiger charge is 2.24. The minimum atomic E-state index is -0.130. The van der Waals surface area contributed by atoms with Crippen LogP contribution in [0.4, 0.5) is 14.5 Å². The number of likely N-dealkylation sites (tertiary alicyclic amines) is 1. The SMILES string of the molecule is CF.CN1CCC(N(C)c2ccccc2F)C1. The van der Waals surface area contributed by atoms with Crippen molar-refractivity contribution in [1.82, 2.24) is 4.90 Å². The summed E-state index contributed by atoms with van der Waals surface area (Å²) in [5.41, 5.74) is 0.706. The molecular formula is C13H20F2N2. The summed E-state index contributed by atoms with van der Waals surface area (Å²) in [6.07, 6.45) is 1.11. The van der Waals surface area contributed by atoms with Gasteiger partial charge in [0.2, 0.25) is 0 Å². The van der Waals surface area contributed by atoms with Crippen LogP contribution in [0.2, 0.25) is 0 Å². The first-order valence-corrected chi connectivity index (χ1v) is 5.72. The van der Waals surface area contributed by atoms with Gasteiger partial charge in [0.15, 0.2) is 0 Å². The summed E-state index contributed by atoms with van der Waals surface area (Å²) >= 11 is 0. The average molecular weight is 242 g/mol. The Morgan fingerprint density at radius 1 is 1.29 bits per heavy atom. The van der Waals surface area contributed by atoms with E-state index in [0.717, 1.165) is 19.5 Å². The van der Waals surface area contributed by atoms with E-state index in [-0.39, 0.29) is 5.82 Å². The van der Waals surface area contributed by atoms with E-state index in [2.05, 4.69) is 16.8 Å². The fraction of sp³-hybridized carbons (Fsp3) is 0.538. The second kappa shape index (κ2) is 6.55. The zero-order valence-electron chi connectivity index (χ0n) is 10.7. The number of anilines is 1. The van der Waals surface area contributed by atoms with E-state index in [0.29, 0.717) is 18.9 Å². The predicted octanol–water partition coefficient (Wildman–Crippen LogP) is 2.55. The molecule has 0 aliphatic carbocycles. The number of likely N-dealkylation sites (N-methyl/N-ethyl adjacent to an activating group) is 2. The normalized spacial score (nSPS) is 19.7. The molecule has 1 heterocycles. The van der Waals surface area contributed by atoms with Crippen molar-refractivity contribution in [2.45, 2.75) is 12.5 Å². The van der Waals surface area contributed by atoms with E-state index in [1.54, 1.807) is 6.07 Å². The predicted molar refractivity (Wildman–Crippen MR) is 67.7 cm³/mol. The molecule has 1 aromatic rings. The van der Waals surface area contributed by atoms with Crippen LogP contribution in [0.3, 0.4) is 0 Å². The van der Waals surface area contributed by atoms with Gasteiger partial charge in [0.05, 0.1) is 12.9 Å². The Bertz CT molecular complexity index is 344. The summed E-state index contributed by atoms with van der Waals surface area (Å²) in [4.78, 5) is 4.33. The van der Waals surface area contributed by atoms with Crippen molar-refractivity contribution in [2.24, 2.45) is 0 Å². The first-order valence-electron chi connectivity index (χ1n) is 5.72. The smallest absolute Gasteiger partial charge is 0.146 e. The highest BCUT2D eigenvalue weighted by atomic mass is 19.1. The van der Waals surface area contributed by atoms with Gasteiger partial charge in [0.25, 0.3) is 0 Å². The Morgan fingerprint density at radius 2 is 1.94 bits per heavy atom. The van der Waals surface area contributed by atoms with Crippen LogP contribution in [0.15, 0.2) is 24.3 Å². The Labute approximate surface area is 102 Å². The highest BCUT2D eigenvalue weighted by Crippen LogP contribution is 2.23. The lowest BCUT2D eigenvalue weighted by molar-refractivity contribution is 0.409. The Morgan fingerprint density at radius 3 is 2.47 bits per heavy atom. The highest BCUT2D eigenvalue weighted by molar-refractivity contribution is 5.48. The summed E-state index contributed by atoms with van der Waals surface area (Å²) in [7, 11) is 4.58. The van der Waals surface area contributed by atoms with Gasteiger partial charge in [-0.25, -0.2) is 4.39 Å². The van der Waals surface area contributed by atoms with Crippen LogP contribution in [0, 0.1) is 5.82 Å². The first kappa shape index (κ1) is 13.9. The number of hydrogen-bond acceptors (Lipinski definition) is 2. The summed E-state index contributed by atoms with van der Waals surface area (Å²) < 4.78 is 23.0. The van der Waals surface area contributed by atoms with Crippen molar-refractivity contribution in [3.63, 3.8) is 0 Å². The van der Waals surface area contributed by atoms with Crippen LogP contribution in [-0.4, -0.2) is 45.3 Å². The summed E-state index contributed by atoms with van der Waals surface area (Å²) in [6.45, 7) is 2.12. The van der Waals surface area contributed by atoms with Gasteiger partial charge in [0, 0.05) is 19.6 Å². The molecule has 0 spiro atoms. The maximum Gasteiger partial charge on any atom is 0.146 e. The quantitative estimate of drug-likeness (QED) is 0.786. The van der Waals surface area contributed by atoms with Gasteiger partial charge < -0.3 is 9.80 Å². The van der Waals surface area contributed by atoms with E-state index < -0.39 is 0 Å². The van der Waals surface area contributed by atoms with Crippen molar-refractivity contribution in [1.29, 1.82) is 0 Å². The Kier molecular flexibility index (Phi) is 5.35. The number of nitrogens with zero attached hydrogens (tertiary/aromatic N) is 2. The number of para-hydroxylation sites is 1. The molecule has 0 radical (unpaired) electrons. The maximum absolute atomic E-state index is 13.5. The maximum atomic E-state index is 13.5. The third-order valence-electron chi connectivity index (χ3n) is 3.15. The van der Waals surface area contributed by atoms with Crippen molar-refractivity contribution < 1.29 is 8.78 Å². The topological polar surface area (TPSA) is 6.48 Å². The standard InChI is InChI=1S/C12H17FN2.CH3F/c1-14-8-7-10(9-14)15(2)12-6-4-3-5-11(12)13;1-2/h3-6,10H,7-9H2,1-2H3;1H3. The largest absolute Gasteiger partial charge is 0.368 e. The minimum absolute atomic E-state index is 0.130. The lowest BCUT2D eigenvalue weighted by Gasteiger charge is -2.26. The molecule has 0 bridgehead atoms. The second-order valence-electron chi connectivity index (χ2n) is 4.27. The molecule has 1 fully saturated rings. The van der Waals surface area contributed by atoms with E-state index >= 15 is 0 Å². The zero-order valence-corrected chi connectivity index (χ0v) is 10.7. The monoisotopic (exact) mass is 242 g/mol. The molecule has 1 aliphatic heterocycles. The molecule has 2 nitrogen and oxygen atoms in total. The van der Waals surface area contributed by atoms with Gasteiger partial charge in [-0.2, -0.15) is 0 Å². The van der Waals surface area contributed by atoms with Crippen molar-refractivity contribution >= 4 is 5.69 Å². The molecule has 0 amide bonds. The van der Waals surface area contributed by atoms with Gasteiger partial charge in [-0.05, 0) is 32.1 Å². The van der Waals surface area contributed by atoms with Gasteiger partial charge >= 0.3 is 0 Å². The molecule has 0 aromatic heterocycles. The molecule has 2 rings (SSSR count). The fourth-order valence-electron chi connectivity index (χ4n) is 2.16. The molecule has 96 valence electrons. The number of hydrogen-bond donors (Lipinski definition) is 0. The van der Waals surface area contributed by atoms with Crippen LogP contribution in [0.1, 0.15) is 6.42 Å². The lowest BCUT2D eigenvalue weighted by Crippen LogP contribution is -2.34. The summed E-state index contributed by atoms with van der Waals surface area (Å²) in [5, 5.41) is 0. The van der Waals surface area contributed by atoms with E-state index in [1.165, 1.54) is 6.07 Å². The molecule has 1 aromatic carbocycles. The molecule has 17 heavy (non-hydrogen) atoms. The number of rotatable bonds is 2. The molecule has 1 aliphatic rings.